The summed E-state index contributed by atoms with van der Waals surface area (Å²) in [5.41, 5.74) is 0.491. The molecule has 1 aromatic heterocycles. The van der Waals surface area contributed by atoms with Crippen molar-refractivity contribution in [1.29, 1.82) is 0 Å². The molecule has 0 aliphatic carbocycles. The zero-order valence-corrected chi connectivity index (χ0v) is 18.9. The Kier molecular flexibility index (Phi) is 6.44. The van der Waals surface area contributed by atoms with E-state index in [9.17, 15) is 26.4 Å². The lowest BCUT2D eigenvalue weighted by atomic mass is 9.92. The maximum absolute atomic E-state index is 13.8. The first-order chi connectivity index (χ1) is 14.8. The highest BCUT2D eigenvalue weighted by Crippen LogP contribution is 2.39. The molecule has 170 valence electrons. The van der Waals surface area contributed by atoms with E-state index < -0.39 is 27.7 Å². The highest BCUT2D eigenvalue weighted by molar-refractivity contribution is 7.92. The van der Waals surface area contributed by atoms with Gasteiger partial charge in [-0.2, -0.15) is 13.2 Å². The van der Waals surface area contributed by atoms with Crippen LogP contribution in [0.4, 0.5) is 18.9 Å². The Hall–Kier alpha value is -2.78. The number of hydrogen-bond acceptors (Lipinski definition) is 3. The van der Waals surface area contributed by atoms with Gasteiger partial charge in [0.2, 0.25) is 15.8 Å². The smallest absolute Gasteiger partial charge is 0.355 e. The van der Waals surface area contributed by atoms with Crippen LogP contribution in [0.3, 0.4) is 0 Å². The van der Waals surface area contributed by atoms with E-state index in [4.69, 9.17) is 11.6 Å². The second-order valence-electron chi connectivity index (χ2n) is 7.51. The minimum atomic E-state index is -4.71. The summed E-state index contributed by atoms with van der Waals surface area (Å²) in [5.74, 6) is -1.05. The molecule has 3 aromatic rings. The summed E-state index contributed by atoms with van der Waals surface area (Å²) in [7, 11) is -3.73. The van der Waals surface area contributed by atoms with Crippen LogP contribution in [0.25, 0.3) is 0 Å². The lowest BCUT2D eigenvalue weighted by Gasteiger charge is -2.19. The minimum Gasteiger partial charge on any atom is -0.355 e. The molecule has 10 heteroatoms. The van der Waals surface area contributed by atoms with E-state index in [1.54, 1.807) is 44.2 Å². The van der Waals surface area contributed by atoms with Crippen LogP contribution >= 0.6 is 11.6 Å². The fourth-order valence-corrected chi connectivity index (χ4v) is 4.10. The summed E-state index contributed by atoms with van der Waals surface area (Å²) in [6, 6.07) is 11.2. The van der Waals surface area contributed by atoms with Crippen LogP contribution in [0.5, 0.6) is 0 Å². The van der Waals surface area contributed by atoms with Crippen LogP contribution in [0.1, 0.15) is 51.3 Å². The van der Waals surface area contributed by atoms with Crippen molar-refractivity contribution < 1.29 is 26.4 Å². The van der Waals surface area contributed by atoms with Gasteiger partial charge in [0.1, 0.15) is 0 Å². The quantitative estimate of drug-likeness (QED) is 0.437. The van der Waals surface area contributed by atoms with Crippen LogP contribution in [-0.4, -0.2) is 25.4 Å². The highest BCUT2D eigenvalue weighted by atomic mass is 35.5. The van der Waals surface area contributed by atoms with E-state index in [0.29, 0.717) is 21.8 Å². The lowest BCUT2D eigenvalue weighted by molar-refractivity contribution is -0.138. The van der Waals surface area contributed by atoms with Gasteiger partial charge in [-0.1, -0.05) is 24.6 Å². The topological polar surface area (TPSA) is 79.0 Å². The summed E-state index contributed by atoms with van der Waals surface area (Å²) in [4.78, 5) is 15.8. The van der Waals surface area contributed by atoms with Crippen molar-refractivity contribution in [1.82, 2.24) is 4.98 Å². The van der Waals surface area contributed by atoms with Crippen molar-refractivity contribution in [2.75, 3.05) is 11.0 Å². The average molecular weight is 485 g/mol. The number of aromatic amines is 1. The number of anilines is 1. The molecule has 0 aliphatic heterocycles. The van der Waals surface area contributed by atoms with Gasteiger partial charge >= 0.3 is 6.18 Å². The fraction of sp³-hybridized carbons (Fsp3) is 0.227. The Labute approximate surface area is 188 Å². The van der Waals surface area contributed by atoms with Gasteiger partial charge in [-0.3, -0.25) is 9.52 Å². The standard InChI is InChI=1S/C22H20ClF3N2O3S/c1-12-10-19(27-20(12)21(29)14-4-6-15(23)7-5-14)13(2)17-9-8-16(28-32(3,30)31)11-18(17)22(24,25)26/h4-11,13,27-28H,1-3H3. The average Bonchev–Trinajstić information content (AvgIpc) is 3.07. The number of carbonyl (C=O) groups is 1. The monoisotopic (exact) mass is 484 g/mol. The third kappa shape index (κ3) is 5.34. The van der Waals surface area contributed by atoms with Crippen LogP contribution in [0, 0.1) is 6.92 Å². The molecule has 0 saturated heterocycles. The summed E-state index contributed by atoms with van der Waals surface area (Å²) in [5, 5.41) is 0.479. The second-order valence-corrected chi connectivity index (χ2v) is 9.70. The maximum Gasteiger partial charge on any atom is 0.416 e. The predicted octanol–water partition coefficient (Wildman–Crippen LogP) is 5.75. The molecule has 32 heavy (non-hydrogen) atoms. The molecule has 1 heterocycles. The summed E-state index contributed by atoms with van der Waals surface area (Å²) >= 11 is 5.86. The van der Waals surface area contributed by atoms with Gasteiger partial charge < -0.3 is 4.98 Å². The lowest BCUT2D eigenvalue weighted by Crippen LogP contribution is -2.15. The molecular weight excluding hydrogens is 465 g/mol. The molecule has 0 amide bonds. The fourth-order valence-electron chi connectivity index (χ4n) is 3.42. The highest BCUT2D eigenvalue weighted by Gasteiger charge is 2.35. The summed E-state index contributed by atoms with van der Waals surface area (Å²) < 4.78 is 66.1. The van der Waals surface area contributed by atoms with Crippen molar-refractivity contribution in [3.63, 3.8) is 0 Å². The van der Waals surface area contributed by atoms with Crippen molar-refractivity contribution in [3.8, 4) is 0 Å². The van der Waals surface area contributed by atoms with E-state index in [1.165, 1.54) is 12.1 Å². The first kappa shape index (κ1) is 23.9. The van der Waals surface area contributed by atoms with E-state index >= 15 is 0 Å². The molecule has 1 atom stereocenters. The zero-order chi connectivity index (χ0) is 23.8. The maximum atomic E-state index is 13.8. The first-order valence-corrected chi connectivity index (χ1v) is 11.7. The Morgan fingerprint density at radius 1 is 1.09 bits per heavy atom. The Bertz CT molecular complexity index is 1270. The first-order valence-electron chi connectivity index (χ1n) is 9.45. The molecule has 3 rings (SSSR count). The van der Waals surface area contributed by atoms with Crippen molar-refractivity contribution in [2.45, 2.75) is 25.9 Å². The SMILES string of the molecule is Cc1cc(C(C)c2ccc(NS(C)(=O)=O)cc2C(F)(F)F)[nH]c1C(=O)c1ccc(Cl)cc1. The molecule has 0 spiro atoms. The van der Waals surface area contributed by atoms with Gasteiger partial charge in [0, 0.05) is 27.9 Å². The van der Waals surface area contributed by atoms with Crippen LogP contribution in [0.15, 0.2) is 48.5 Å². The molecule has 0 radical (unpaired) electrons. The number of aryl methyl sites for hydroxylation is 1. The van der Waals surface area contributed by atoms with Gasteiger partial charge in [-0.25, -0.2) is 8.42 Å². The largest absolute Gasteiger partial charge is 0.416 e. The predicted molar refractivity (Wildman–Crippen MR) is 118 cm³/mol. The van der Waals surface area contributed by atoms with E-state index in [1.807, 2.05) is 0 Å². The van der Waals surface area contributed by atoms with Gasteiger partial charge in [-0.05, 0) is 60.5 Å². The van der Waals surface area contributed by atoms with Crippen LogP contribution in [0.2, 0.25) is 5.02 Å². The Morgan fingerprint density at radius 3 is 2.28 bits per heavy atom. The molecule has 0 saturated carbocycles. The zero-order valence-electron chi connectivity index (χ0n) is 17.3. The number of ketones is 1. The molecular formula is C22H20ClF3N2O3S. The number of hydrogen-bond donors (Lipinski definition) is 2. The Balaban J connectivity index is 2.00. The molecule has 0 bridgehead atoms. The second kappa shape index (κ2) is 8.63. The normalized spacial score (nSPS) is 13.1. The van der Waals surface area contributed by atoms with E-state index in [0.717, 1.165) is 12.3 Å². The van der Waals surface area contributed by atoms with E-state index in [2.05, 4.69) is 9.71 Å². The number of alkyl halides is 3. The molecule has 2 N–H and O–H groups in total. The van der Waals surface area contributed by atoms with Crippen molar-refractivity contribution in [3.05, 3.63) is 87.2 Å². The molecule has 2 aromatic carbocycles. The number of H-pyrrole nitrogens is 1. The number of halogens is 4. The summed E-state index contributed by atoms with van der Waals surface area (Å²) in [6.07, 6.45) is -3.85. The molecule has 0 aliphatic rings. The Morgan fingerprint density at radius 2 is 1.72 bits per heavy atom. The molecule has 1 unspecified atom stereocenters. The van der Waals surface area contributed by atoms with Crippen molar-refractivity contribution in [2.24, 2.45) is 0 Å². The number of nitrogens with one attached hydrogen (secondary N) is 2. The van der Waals surface area contributed by atoms with Gasteiger partial charge in [-0.15, -0.1) is 0 Å². The number of aromatic nitrogens is 1. The third-order valence-corrected chi connectivity index (χ3v) is 5.82. The summed E-state index contributed by atoms with van der Waals surface area (Å²) in [6.45, 7) is 3.27. The number of benzene rings is 2. The minimum absolute atomic E-state index is 0.0525. The van der Waals surface area contributed by atoms with Crippen LogP contribution in [-0.2, 0) is 16.2 Å². The van der Waals surface area contributed by atoms with Crippen LogP contribution < -0.4 is 4.72 Å². The van der Waals surface area contributed by atoms with Crippen molar-refractivity contribution >= 4 is 33.1 Å². The molecule has 5 nitrogen and oxygen atoms in total. The molecule has 0 fully saturated rings. The van der Waals surface area contributed by atoms with E-state index in [-0.39, 0.29) is 22.7 Å². The van der Waals surface area contributed by atoms with Gasteiger partial charge in [0.05, 0.1) is 17.5 Å². The number of carbonyl (C=O) groups excluding carboxylic acids is 1. The number of rotatable bonds is 6. The number of sulfonamides is 1. The van der Waals surface area contributed by atoms with Gasteiger partial charge in [0.25, 0.3) is 0 Å². The van der Waals surface area contributed by atoms with Gasteiger partial charge in [0.15, 0.2) is 0 Å². The third-order valence-electron chi connectivity index (χ3n) is 4.96.